The van der Waals surface area contributed by atoms with Crippen LogP contribution in [-0.2, 0) is 6.61 Å². The molecule has 0 N–H and O–H groups in total. The van der Waals surface area contributed by atoms with E-state index in [0.717, 1.165) is 5.56 Å². The van der Waals surface area contributed by atoms with Gasteiger partial charge in [-0.05, 0) is 53.6 Å². The second-order valence-corrected chi connectivity index (χ2v) is 8.01. The van der Waals surface area contributed by atoms with Gasteiger partial charge in [-0.1, -0.05) is 54.6 Å². The Kier molecular flexibility index (Phi) is 6.53. The highest BCUT2D eigenvalue weighted by Gasteiger charge is 2.12. The fraction of sp³-hybridized carbons (Fsp3) is 0.0690. The normalized spacial score (nSPS) is 11.2. The van der Waals surface area contributed by atoms with Gasteiger partial charge in [0.25, 0.3) is 5.56 Å². The summed E-state index contributed by atoms with van der Waals surface area (Å²) in [7, 11) is 1.54. The van der Waals surface area contributed by atoms with Crippen molar-refractivity contribution < 1.29 is 13.9 Å². The third-order valence-electron chi connectivity index (χ3n) is 5.58. The summed E-state index contributed by atoms with van der Waals surface area (Å²) in [6, 6.07) is 28.2. The molecule has 0 atom stereocenters. The molecular formula is C29H22FN3O3. The largest absolute Gasteiger partial charge is 0.493 e. The van der Waals surface area contributed by atoms with E-state index in [2.05, 4.69) is 5.10 Å². The van der Waals surface area contributed by atoms with Gasteiger partial charge < -0.3 is 9.47 Å². The molecular weight excluding hydrogens is 457 g/mol. The molecule has 7 heteroatoms. The number of rotatable bonds is 7. The van der Waals surface area contributed by atoms with Crippen LogP contribution >= 0.6 is 0 Å². The van der Waals surface area contributed by atoms with Gasteiger partial charge in [0.2, 0.25) is 0 Å². The first kappa shape index (κ1) is 23.0. The lowest BCUT2D eigenvalue weighted by Crippen LogP contribution is -2.20. The lowest BCUT2D eigenvalue weighted by atomic mass is 10.2. The molecule has 0 saturated carbocycles. The number of para-hydroxylation sites is 1. The zero-order valence-electron chi connectivity index (χ0n) is 19.5. The van der Waals surface area contributed by atoms with Crippen LogP contribution in [0.3, 0.4) is 0 Å². The average Bonchev–Trinajstić information content (AvgIpc) is 2.92. The molecule has 0 radical (unpaired) electrons. The first-order valence-corrected chi connectivity index (χ1v) is 11.3. The number of ether oxygens (including phenoxy) is 2. The SMILES string of the molecule is COc1cc(C=Nn2c(-c3ccccc3)nc3ccccc3c2=O)ccc1OCc1cccc(F)c1. The molecule has 5 rings (SSSR count). The number of benzene rings is 4. The number of fused-ring (bicyclic) bond motifs is 1. The number of aromatic nitrogens is 2. The van der Waals surface area contributed by atoms with Gasteiger partial charge in [0.1, 0.15) is 12.4 Å². The second-order valence-electron chi connectivity index (χ2n) is 8.01. The molecule has 0 amide bonds. The molecule has 0 aliphatic carbocycles. The third kappa shape index (κ3) is 4.86. The summed E-state index contributed by atoms with van der Waals surface area (Å²) in [6.07, 6.45) is 1.57. The fourth-order valence-electron chi connectivity index (χ4n) is 3.80. The van der Waals surface area contributed by atoms with E-state index in [0.29, 0.717) is 39.4 Å². The molecule has 0 bridgehead atoms. The van der Waals surface area contributed by atoms with E-state index in [-0.39, 0.29) is 18.0 Å². The molecule has 4 aromatic carbocycles. The van der Waals surface area contributed by atoms with Gasteiger partial charge >= 0.3 is 0 Å². The van der Waals surface area contributed by atoms with Crippen LogP contribution in [-0.4, -0.2) is 23.0 Å². The number of hydrogen-bond donors (Lipinski definition) is 0. The van der Waals surface area contributed by atoms with Crippen molar-refractivity contribution in [2.45, 2.75) is 6.61 Å². The van der Waals surface area contributed by atoms with Crippen LogP contribution < -0.4 is 15.0 Å². The Balaban J connectivity index is 1.48. The highest BCUT2D eigenvalue weighted by molar-refractivity contribution is 5.82. The van der Waals surface area contributed by atoms with E-state index in [4.69, 9.17) is 14.5 Å². The quantitative estimate of drug-likeness (QED) is 0.282. The first-order chi connectivity index (χ1) is 17.6. The second kappa shape index (κ2) is 10.2. The summed E-state index contributed by atoms with van der Waals surface area (Å²) in [5, 5.41) is 4.97. The standard InChI is InChI=1S/C29H22FN3O3/c1-35-27-17-20(14-15-26(27)36-19-21-8-7-11-23(30)16-21)18-31-33-28(22-9-3-2-4-10-22)32-25-13-6-5-12-24(25)29(33)34/h2-18H,19H2,1H3. The zero-order chi connectivity index (χ0) is 24.9. The third-order valence-corrected chi connectivity index (χ3v) is 5.58. The van der Waals surface area contributed by atoms with Crippen LogP contribution in [0.2, 0.25) is 0 Å². The van der Waals surface area contributed by atoms with Crippen molar-refractivity contribution in [2.75, 3.05) is 7.11 Å². The maximum atomic E-state index is 13.4. The molecule has 0 aliphatic heterocycles. The molecule has 36 heavy (non-hydrogen) atoms. The number of hydrogen-bond acceptors (Lipinski definition) is 5. The first-order valence-electron chi connectivity index (χ1n) is 11.3. The molecule has 0 saturated heterocycles. The number of methoxy groups -OCH3 is 1. The Bertz CT molecular complexity index is 1610. The fourth-order valence-corrected chi connectivity index (χ4v) is 3.80. The molecule has 5 aromatic rings. The van der Waals surface area contributed by atoms with Gasteiger partial charge in [-0.25, -0.2) is 9.37 Å². The van der Waals surface area contributed by atoms with Crippen LogP contribution in [0.15, 0.2) is 107 Å². The molecule has 6 nitrogen and oxygen atoms in total. The molecule has 1 heterocycles. The van der Waals surface area contributed by atoms with Crippen molar-refractivity contribution in [1.29, 1.82) is 0 Å². The average molecular weight is 480 g/mol. The Morgan fingerprint density at radius 1 is 0.917 bits per heavy atom. The summed E-state index contributed by atoms with van der Waals surface area (Å²) < 4.78 is 26.1. The minimum atomic E-state index is -0.317. The van der Waals surface area contributed by atoms with Gasteiger partial charge in [0, 0.05) is 5.56 Å². The van der Waals surface area contributed by atoms with Gasteiger partial charge in [-0.3, -0.25) is 4.79 Å². The topological polar surface area (TPSA) is 65.7 Å². The smallest absolute Gasteiger partial charge is 0.282 e. The Labute approximate surface area is 206 Å². The van der Waals surface area contributed by atoms with Crippen molar-refractivity contribution in [3.05, 3.63) is 124 Å². The van der Waals surface area contributed by atoms with Crippen LogP contribution in [0.5, 0.6) is 11.5 Å². The van der Waals surface area contributed by atoms with Crippen molar-refractivity contribution >= 4 is 17.1 Å². The van der Waals surface area contributed by atoms with Crippen LogP contribution in [0.25, 0.3) is 22.3 Å². The summed E-state index contributed by atoms with van der Waals surface area (Å²) in [5.41, 5.74) is 2.52. The Morgan fingerprint density at radius 2 is 1.72 bits per heavy atom. The van der Waals surface area contributed by atoms with Crippen LogP contribution in [0, 0.1) is 5.82 Å². The lowest BCUT2D eigenvalue weighted by molar-refractivity contribution is 0.284. The van der Waals surface area contributed by atoms with E-state index in [1.54, 1.807) is 48.7 Å². The van der Waals surface area contributed by atoms with E-state index in [1.807, 2.05) is 42.5 Å². The highest BCUT2D eigenvalue weighted by atomic mass is 19.1. The minimum absolute atomic E-state index is 0.195. The van der Waals surface area contributed by atoms with Gasteiger partial charge in [-0.2, -0.15) is 9.78 Å². The van der Waals surface area contributed by atoms with Crippen LogP contribution in [0.1, 0.15) is 11.1 Å². The maximum Gasteiger partial charge on any atom is 0.282 e. The summed E-state index contributed by atoms with van der Waals surface area (Å²) in [4.78, 5) is 18.0. The Morgan fingerprint density at radius 3 is 2.53 bits per heavy atom. The van der Waals surface area contributed by atoms with E-state index >= 15 is 0 Å². The summed E-state index contributed by atoms with van der Waals surface area (Å²) in [5.74, 6) is 1.12. The van der Waals surface area contributed by atoms with Gasteiger partial charge in [0.05, 0.1) is 24.2 Å². The van der Waals surface area contributed by atoms with Crippen molar-refractivity contribution in [3.63, 3.8) is 0 Å². The molecule has 1 aromatic heterocycles. The minimum Gasteiger partial charge on any atom is -0.493 e. The van der Waals surface area contributed by atoms with E-state index in [9.17, 15) is 9.18 Å². The molecule has 0 unspecified atom stereocenters. The summed E-state index contributed by atoms with van der Waals surface area (Å²) in [6.45, 7) is 0.195. The number of nitrogens with zero attached hydrogens (tertiary/aromatic N) is 3. The van der Waals surface area contributed by atoms with Crippen molar-refractivity contribution in [3.8, 4) is 22.9 Å². The Hall–Kier alpha value is -4.78. The maximum absolute atomic E-state index is 13.4. The molecule has 0 fully saturated rings. The molecule has 0 spiro atoms. The lowest BCUT2D eigenvalue weighted by Gasteiger charge is -2.12. The number of halogens is 1. The van der Waals surface area contributed by atoms with Gasteiger partial charge in [-0.15, -0.1) is 0 Å². The highest BCUT2D eigenvalue weighted by Crippen LogP contribution is 2.28. The summed E-state index contributed by atoms with van der Waals surface area (Å²) >= 11 is 0. The monoisotopic (exact) mass is 479 g/mol. The van der Waals surface area contributed by atoms with E-state index in [1.165, 1.54) is 23.9 Å². The predicted octanol–water partition coefficient (Wildman–Crippen LogP) is 5.67. The van der Waals surface area contributed by atoms with Crippen molar-refractivity contribution in [1.82, 2.24) is 9.66 Å². The molecule has 0 aliphatic rings. The van der Waals surface area contributed by atoms with Crippen LogP contribution in [0.4, 0.5) is 4.39 Å². The van der Waals surface area contributed by atoms with E-state index < -0.39 is 0 Å². The zero-order valence-corrected chi connectivity index (χ0v) is 19.5. The van der Waals surface area contributed by atoms with Crippen molar-refractivity contribution in [2.24, 2.45) is 5.10 Å². The predicted molar refractivity (Wildman–Crippen MR) is 138 cm³/mol. The molecule has 178 valence electrons. The van der Waals surface area contributed by atoms with Gasteiger partial charge in [0.15, 0.2) is 17.3 Å².